The fourth-order valence-electron chi connectivity index (χ4n) is 1.27. The molecule has 0 aromatic heterocycles. The fraction of sp³-hybridized carbons (Fsp3) is 0.333. The van der Waals surface area contributed by atoms with Crippen LogP contribution in [0.15, 0.2) is 30.8 Å². The molecule has 2 nitrogen and oxygen atoms in total. The zero-order valence-electron chi connectivity index (χ0n) is 8.94. The summed E-state index contributed by atoms with van der Waals surface area (Å²) in [6, 6.07) is 7.16. The van der Waals surface area contributed by atoms with Crippen LogP contribution in [0.1, 0.15) is 31.1 Å². The van der Waals surface area contributed by atoms with Crippen molar-refractivity contribution >= 4 is 17.5 Å². The molecule has 1 unspecified atom stereocenters. The van der Waals surface area contributed by atoms with Gasteiger partial charge in [0.2, 0.25) is 0 Å². The maximum atomic E-state index is 9.80. The van der Waals surface area contributed by atoms with Gasteiger partial charge in [0.1, 0.15) is 6.10 Å². The molecule has 0 radical (unpaired) electrons. The largest absolute Gasteiger partial charge is 0.387 e. The van der Waals surface area contributed by atoms with Gasteiger partial charge >= 0.3 is 0 Å². The molecule has 1 aromatic carbocycles. The number of thiol groups is 1. The van der Waals surface area contributed by atoms with E-state index in [4.69, 9.17) is 0 Å². The Morgan fingerprint density at radius 3 is 2.13 bits per heavy atom. The molecule has 1 atom stereocenters. The van der Waals surface area contributed by atoms with E-state index in [1.165, 1.54) is 0 Å². The summed E-state index contributed by atoms with van der Waals surface area (Å²) >= 11 is 4.12. The van der Waals surface area contributed by atoms with Gasteiger partial charge in [-0.25, -0.2) is 0 Å². The fourth-order valence-corrected chi connectivity index (χ4v) is 1.41. The average Bonchev–Trinajstić information content (AvgIpc) is 2.15. The van der Waals surface area contributed by atoms with Crippen LogP contribution in [0.25, 0.3) is 4.91 Å². The monoisotopic (exact) mass is 224 g/mol. The number of benzene rings is 1. The van der Waals surface area contributed by atoms with E-state index in [1.807, 2.05) is 12.1 Å². The predicted octanol–water partition coefficient (Wildman–Crippen LogP) is 2.39. The Morgan fingerprint density at radius 2 is 1.80 bits per heavy atom. The second-order valence-electron chi connectivity index (χ2n) is 4.12. The molecule has 0 heterocycles. The molecule has 1 rings (SSSR count). The van der Waals surface area contributed by atoms with Crippen molar-refractivity contribution in [3.05, 3.63) is 42.0 Å². The van der Waals surface area contributed by atoms with Gasteiger partial charge in [-0.1, -0.05) is 30.8 Å². The van der Waals surface area contributed by atoms with Crippen LogP contribution >= 0.6 is 12.6 Å². The Hall–Kier alpha value is -0.770. The van der Waals surface area contributed by atoms with Crippen molar-refractivity contribution < 1.29 is 10.2 Å². The molecule has 0 bridgehead atoms. The van der Waals surface area contributed by atoms with Gasteiger partial charge < -0.3 is 10.2 Å². The topological polar surface area (TPSA) is 40.5 Å². The van der Waals surface area contributed by atoms with Crippen LogP contribution in [-0.4, -0.2) is 15.8 Å². The lowest BCUT2D eigenvalue weighted by Gasteiger charge is -2.24. The summed E-state index contributed by atoms with van der Waals surface area (Å²) in [4.78, 5) is 0.680. The highest BCUT2D eigenvalue weighted by molar-refractivity contribution is 7.90. The molecule has 15 heavy (non-hydrogen) atoms. The summed E-state index contributed by atoms with van der Waals surface area (Å²) < 4.78 is 0. The van der Waals surface area contributed by atoms with Gasteiger partial charge in [0.05, 0.1) is 5.60 Å². The van der Waals surface area contributed by atoms with E-state index in [-0.39, 0.29) is 0 Å². The third kappa shape index (κ3) is 3.09. The molecule has 0 spiro atoms. The number of rotatable bonds is 3. The van der Waals surface area contributed by atoms with Crippen molar-refractivity contribution in [1.82, 2.24) is 0 Å². The minimum atomic E-state index is -1.14. The normalized spacial score (nSPS) is 13.7. The molecule has 0 aliphatic heterocycles. The van der Waals surface area contributed by atoms with Crippen LogP contribution < -0.4 is 0 Å². The summed E-state index contributed by atoms with van der Waals surface area (Å²) in [7, 11) is 0. The van der Waals surface area contributed by atoms with Crippen molar-refractivity contribution in [2.24, 2.45) is 0 Å². The van der Waals surface area contributed by atoms with Gasteiger partial charge in [0.25, 0.3) is 0 Å². The first-order chi connectivity index (χ1) is 6.82. The molecule has 2 N–H and O–H groups in total. The van der Waals surface area contributed by atoms with E-state index in [0.717, 1.165) is 5.56 Å². The zero-order chi connectivity index (χ0) is 11.6. The molecular weight excluding hydrogens is 208 g/mol. The molecule has 0 saturated heterocycles. The second kappa shape index (κ2) is 4.39. The number of aliphatic hydroxyl groups is 2. The maximum Gasteiger partial charge on any atom is 0.107 e. The van der Waals surface area contributed by atoms with Gasteiger partial charge in [-0.2, -0.15) is 0 Å². The number of hydrogen-bond acceptors (Lipinski definition) is 3. The van der Waals surface area contributed by atoms with Crippen molar-refractivity contribution in [2.75, 3.05) is 0 Å². The molecule has 3 heteroatoms. The standard InChI is InChI=1S/C12H16O2S/c1-8(15)9-4-6-10(7-5-9)11(13)12(2,3)14/h4-7,11,13-15H,1H2,2-3H3. The van der Waals surface area contributed by atoms with Crippen LogP contribution in [0.3, 0.4) is 0 Å². The van der Waals surface area contributed by atoms with Crippen LogP contribution in [-0.2, 0) is 0 Å². The lowest BCUT2D eigenvalue weighted by atomic mass is 9.94. The lowest BCUT2D eigenvalue weighted by molar-refractivity contribution is -0.0496. The van der Waals surface area contributed by atoms with E-state index in [0.29, 0.717) is 10.5 Å². The smallest absolute Gasteiger partial charge is 0.107 e. The first-order valence-corrected chi connectivity index (χ1v) is 5.15. The highest BCUT2D eigenvalue weighted by Crippen LogP contribution is 2.26. The number of aliphatic hydroxyl groups excluding tert-OH is 1. The summed E-state index contributed by atoms with van der Waals surface area (Å²) in [5.74, 6) is 0. The van der Waals surface area contributed by atoms with Gasteiger partial charge in [0, 0.05) is 4.91 Å². The Kier molecular flexibility index (Phi) is 3.60. The molecule has 0 aliphatic rings. The van der Waals surface area contributed by atoms with Crippen LogP contribution in [0, 0.1) is 0 Å². The molecule has 0 aliphatic carbocycles. The van der Waals surface area contributed by atoms with Gasteiger partial charge in [-0.05, 0) is 25.0 Å². The van der Waals surface area contributed by atoms with E-state index in [9.17, 15) is 10.2 Å². The summed E-state index contributed by atoms with van der Waals surface area (Å²) in [5.41, 5.74) is 0.449. The molecule has 0 amide bonds. The third-order valence-corrected chi connectivity index (χ3v) is 2.49. The van der Waals surface area contributed by atoms with Crippen molar-refractivity contribution in [1.29, 1.82) is 0 Å². The SMILES string of the molecule is C=C(S)c1ccc(C(O)C(C)(C)O)cc1. The van der Waals surface area contributed by atoms with E-state index in [2.05, 4.69) is 19.2 Å². The lowest BCUT2D eigenvalue weighted by Crippen LogP contribution is -2.28. The van der Waals surface area contributed by atoms with Crippen molar-refractivity contribution in [3.63, 3.8) is 0 Å². The van der Waals surface area contributed by atoms with Crippen molar-refractivity contribution in [3.8, 4) is 0 Å². The average molecular weight is 224 g/mol. The minimum Gasteiger partial charge on any atom is -0.387 e. The van der Waals surface area contributed by atoms with Crippen LogP contribution in [0.2, 0.25) is 0 Å². The molecule has 0 saturated carbocycles. The van der Waals surface area contributed by atoms with E-state index < -0.39 is 11.7 Å². The molecule has 82 valence electrons. The molecular formula is C12H16O2S. The Bertz CT molecular complexity index is 349. The Balaban J connectivity index is 2.94. The first kappa shape index (κ1) is 12.3. The summed E-state index contributed by atoms with van der Waals surface area (Å²) in [5, 5.41) is 19.4. The second-order valence-corrected chi connectivity index (χ2v) is 4.66. The highest BCUT2D eigenvalue weighted by atomic mass is 32.1. The predicted molar refractivity (Wildman–Crippen MR) is 65.7 cm³/mol. The Labute approximate surface area is 95.7 Å². The zero-order valence-corrected chi connectivity index (χ0v) is 9.83. The van der Waals surface area contributed by atoms with E-state index >= 15 is 0 Å². The van der Waals surface area contributed by atoms with Gasteiger partial charge in [-0.3, -0.25) is 0 Å². The van der Waals surface area contributed by atoms with Gasteiger partial charge in [0.15, 0.2) is 0 Å². The molecule has 0 fully saturated rings. The van der Waals surface area contributed by atoms with Gasteiger partial charge in [-0.15, -0.1) is 12.6 Å². The summed E-state index contributed by atoms with van der Waals surface area (Å²) in [6.07, 6.45) is -0.889. The quantitative estimate of drug-likeness (QED) is 0.690. The first-order valence-electron chi connectivity index (χ1n) is 4.71. The summed E-state index contributed by atoms with van der Waals surface area (Å²) in [6.45, 7) is 6.85. The molecule has 1 aromatic rings. The highest BCUT2D eigenvalue weighted by Gasteiger charge is 2.25. The van der Waals surface area contributed by atoms with Crippen LogP contribution in [0.4, 0.5) is 0 Å². The maximum absolute atomic E-state index is 9.80. The number of hydrogen-bond donors (Lipinski definition) is 3. The van der Waals surface area contributed by atoms with E-state index in [1.54, 1.807) is 26.0 Å². The third-order valence-electron chi connectivity index (χ3n) is 2.23. The van der Waals surface area contributed by atoms with Crippen LogP contribution in [0.5, 0.6) is 0 Å². The minimum absolute atomic E-state index is 0.680. The van der Waals surface area contributed by atoms with Crippen molar-refractivity contribution in [2.45, 2.75) is 25.6 Å². The Morgan fingerprint density at radius 1 is 1.33 bits per heavy atom.